The molecule has 0 amide bonds. The monoisotopic (exact) mass is 381 g/mol. The van der Waals surface area contributed by atoms with Crippen LogP contribution in [0, 0.1) is 5.41 Å². The summed E-state index contributed by atoms with van der Waals surface area (Å²) in [6.45, 7) is 15.7. The van der Waals surface area contributed by atoms with Gasteiger partial charge in [-0.2, -0.15) is 0 Å². The number of unbranched alkanes of at least 4 members (excludes halogenated alkanes) is 5. The molecule has 0 aromatic rings. The van der Waals surface area contributed by atoms with Crippen molar-refractivity contribution in [3.8, 4) is 0 Å². The van der Waals surface area contributed by atoms with Crippen LogP contribution >= 0.6 is 0 Å². The van der Waals surface area contributed by atoms with Gasteiger partial charge in [0.25, 0.3) is 0 Å². The van der Waals surface area contributed by atoms with Crippen LogP contribution < -0.4 is 0 Å². The molecule has 1 rings (SSSR count). The molecule has 5 heteroatoms. The van der Waals surface area contributed by atoms with E-state index in [9.17, 15) is 9.59 Å². The maximum Gasteiger partial charge on any atom is 0.337 e. The molecule has 1 aliphatic heterocycles. The minimum absolute atomic E-state index is 0.140. The van der Waals surface area contributed by atoms with Gasteiger partial charge in [0.05, 0.1) is 11.0 Å². The molecule has 0 aromatic carbocycles. The first kappa shape index (κ1) is 23.5. The summed E-state index contributed by atoms with van der Waals surface area (Å²) in [5.41, 5.74) is -0.390. The molecule has 1 atom stereocenters. The van der Waals surface area contributed by atoms with Gasteiger partial charge >= 0.3 is 11.9 Å². The van der Waals surface area contributed by atoms with Crippen molar-refractivity contribution in [3.05, 3.63) is 12.3 Å². The predicted molar refractivity (Wildman–Crippen MR) is 108 cm³/mol. The Labute approximate surface area is 165 Å². The van der Waals surface area contributed by atoms with Crippen molar-refractivity contribution >= 4 is 11.9 Å². The molecule has 5 nitrogen and oxygen atoms in total. The van der Waals surface area contributed by atoms with Gasteiger partial charge in [0.1, 0.15) is 6.10 Å². The molecule has 1 fully saturated rings. The van der Waals surface area contributed by atoms with Gasteiger partial charge < -0.3 is 9.57 Å². The van der Waals surface area contributed by atoms with Gasteiger partial charge in [-0.25, -0.2) is 9.86 Å². The Bertz CT molecular complexity index is 519. The zero-order chi connectivity index (χ0) is 20.7. The average molecular weight is 382 g/mol. The number of nitrogens with zero attached hydrogens (tertiary/aromatic N) is 1. The van der Waals surface area contributed by atoms with E-state index < -0.39 is 11.0 Å². The van der Waals surface area contributed by atoms with Crippen LogP contribution in [0.4, 0.5) is 0 Å². The second-order valence-corrected chi connectivity index (χ2v) is 9.34. The third kappa shape index (κ3) is 7.94. The topological polar surface area (TPSA) is 55.8 Å². The molecule has 1 aliphatic rings. The summed E-state index contributed by atoms with van der Waals surface area (Å²) in [5, 5.41) is 1.60. The Morgan fingerprint density at radius 2 is 1.74 bits per heavy atom. The molecule has 1 heterocycles. The van der Waals surface area contributed by atoms with Gasteiger partial charge in [-0.05, 0) is 41.0 Å². The first-order valence-corrected chi connectivity index (χ1v) is 10.4. The number of hydroxylamine groups is 2. The Kier molecular flexibility index (Phi) is 8.83. The fourth-order valence-corrected chi connectivity index (χ4v) is 3.27. The van der Waals surface area contributed by atoms with E-state index in [1.54, 1.807) is 5.06 Å². The van der Waals surface area contributed by atoms with Gasteiger partial charge in [-0.15, -0.1) is 0 Å². The zero-order valence-corrected chi connectivity index (χ0v) is 18.2. The van der Waals surface area contributed by atoms with E-state index >= 15 is 0 Å². The normalized spacial score (nSPS) is 19.7. The van der Waals surface area contributed by atoms with Crippen LogP contribution in [0.1, 0.15) is 99.3 Å². The smallest absolute Gasteiger partial charge is 0.337 e. The van der Waals surface area contributed by atoms with Crippen molar-refractivity contribution in [2.45, 2.75) is 111 Å². The van der Waals surface area contributed by atoms with E-state index in [0.29, 0.717) is 25.0 Å². The summed E-state index contributed by atoms with van der Waals surface area (Å²) in [5.74, 6) is -0.436. The number of carbonyl (C=O) groups is 2. The van der Waals surface area contributed by atoms with Gasteiger partial charge in [0.15, 0.2) is 0 Å². The van der Waals surface area contributed by atoms with E-state index in [2.05, 4.69) is 13.5 Å². The number of hydrogen-bond acceptors (Lipinski definition) is 5. The van der Waals surface area contributed by atoms with Crippen LogP contribution in [0.5, 0.6) is 0 Å². The molecule has 156 valence electrons. The summed E-state index contributed by atoms with van der Waals surface area (Å²) in [7, 11) is 0. The van der Waals surface area contributed by atoms with Crippen LogP contribution in [0.15, 0.2) is 12.3 Å². The summed E-state index contributed by atoms with van der Waals surface area (Å²) < 4.78 is 5.68. The van der Waals surface area contributed by atoms with E-state index in [1.165, 1.54) is 25.7 Å². The molecule has 0 spiro atoms. The lowest BCUT2D eigenvalue weighted by Gasteiger charge is -2.46. The molecule has 27 heavy (non-hydrogen) atoms. The van der Waals surface area contributed by atoms with E-state index in [0.717, 1.165) is 12.8 Å². The second-order valence-electron chi connectivity index (χ2n) is 9.34. The van der Waals surface area contributed by atoms with Crippen molar-refractivity contribution in [1.29, 1.82) is 0 Å². The highest BCUT2D eigenvalue weighted by molar-refractivity contribution is 5.75. The molecular weight excluding hydrogens is 342 g/mol. The van der Waals surface area contributed by atoms with Gasteiger partial charge in [0, 0.05) is 25.0 Å². The number of ether oxygens (including phenoxy) is 1. The lowest BCUT2D eigenvalue weighted by atomic mass is 9.89. The molecule has 0 N–H and O–H groups in total. The van der Waals surface area contributed by atoms with Crippen molar-refractivity contribution in [1.82, 2.24) is 5.06 Å². The van der Waals surface area contributed by atoms with E-state index in [4.69, 9.17) is 9.57 Å². The first-order valence-electron chi connectivity index (χ1n) is 10.4. The second kappa shape index (κ2) is 10.1. The number of carbonyl (C=O) groups excluding carboxylic acids is 2. The van der Waals surface area contributed by atoms with Crippen LogP contribution in [0.25, 0.3) is 0 Å². The van der Waals surface area contributed by atoms with Crippen molar-refractivity contribution in [2.24, 2.45) is 5.41 Å². The van der Waals surface area contributed by atoms with Crippen molar-refractivity contribution in [2.75, 3.05) is 0 Å². The summed E-state index contributed by atoms with van der Waals surface area (Å²) in [6, 6.07) is 0. The molecule has 0 aliphatic carbocycles. The minimum Gasteiger partial charge on any atom is -0.462 e. The number of esters is 1. The lowest BCUT2D eigenvalue weighted by Crippen LogP contribution is -2.52. The van der Waals surface area contributed by atoms with Gasteiger partial charge in [-0.3, -0.25) is 4.79 Å². The summed E-state index contributed by atoms with van der Waals surface area (Å²) in [4.78, 5) is 30.0. The van der Waals surface area contributed by atoms with Crippen molar-refractivity contribution < 1.29 is 19.2 Å². The predicted octanol–water partition coefficient (Wildman–Crippen LogP) is 5.54. The van der Waals surface area contributed by atoms with Crippen LogP contribution in [0.2, 0.25) is 0 Å². The first-order chi connectivity index (χ1) is 12.5. The van der Waals surface area contributed by atoms with Crippen molar-refractivity contribution in [3.63, 3.8) is 0 Å². The number of hydrogen-bond donors (Lipinski definition) is 0. The van der Waals surface area contributed by atoms with E-state index in [1.807, 2.05) is 34.6 Å². The average Bonchev–Trinajstić information content (AvgIpc) is 2.52. The SMILES string of the molecule is C=C1CC(OC(=O)CCCCCCCC)CC(C)(C)N1OC(=O)C(C)(C)C. The van der Waals surface area contributed by atoms with Crippen LogP contribution in [-0.2, 0) is 19.2 Å². The van der Waals surface area contributed by atoms with Gasteiger partial charge in [0.2, 0.25) is 0 Å². The molecule has 0 aromatic heterocycles. The highest BCUT2D eigenvalue weighted by Crippen LogP contribution is 2.36. The fourth-order valence-electron chi connectivity index (χ4n) is 3.27. The molecule has 0 radical (unpaired) electrons. The van der Waals surface area contributed by atoms with E-state index in [-0.39, 0.29) is 18.0 Å². The number of piperidine rings is 1. The Morgan fingerprint density at radius 3 is 2.30 bits per heavy atom. The molecule has 0 bridgehead atoms. The quantitative estimate of drug-likeness (QED) is 0.387. The molecule has 0 saturated carbocycles. The third-order valence-electron chi connectivity index (χ3n) is 4.85. The molecular formula is C22H39NO4. The Balaban J connectivity index is 2.48. The zero-order valence-electron chi connectivity index (χ0n) is 18.2. The largest absolute Gasteiger partial charge is 0.462 e. The minimum atomic E-state index is -0.587. The van der Waals surface area contributed by atoms with Crippen LogP contribution in [-0.4, -0.2) is 28.6 Å². The van der Waals surface area contributed by atoms with Crippen LogP contribution in [0.3, 0.4) is 0 Å². The fraction of sp³-hybridized carbons (Fsp3) is 0.818. The molecule has 1 unspecified atom stereocenters. The maximum absolute atomic E-state index is 12.2. The Hall–Kier alpha value is -1.52. The molecule has 1 saturated heterocycles. The Morgan fingerprint density at radius 1 is 1.15 bits per heavy atom. The highest BCUT2D eigenvalue weighted by atomic mass is 16.7. The summed E-state index contributed by atoms with van der Waals surface area (Å²) in [6.07, 6.45) is 8.22. The third-order valence-corrected chi connectivity index (χ3v) is 4.85. The lowest BCUT2D eigenvalue weighted by molar-refractivity contribution is -0.225. The highest BCUT2D eigenvalue weighted by Gasteiger charge is 2.42. The van der Waals surface area contributed by atoms with Gasteiger partial charge in [-0.1, -0.05) is 45.6 Å². The number of rotatable bonds is 9. The summed E-state index contributed by atoms with van der Waals surface area (Å²) >= 11 is 0. The standard InChI is InChI=1S/C22H39NO4/c1-8-9-10-11-12-13-14-19(24)26-18-15-17(2)23(22(6,7)16-18)27-20(25)21(3,4)5/h18H,2,8-16H2,1,3-7H3. The maximum atomic E-state index is 12.2.